The van der Waals surface area contributed by atoms with Crippen molar-refractivity contribution < 1.29 is 14.3 Å². The first-order valence-electron chi connectivity index (χ1n) is 8.81. The second kappa shape index (κ2) is 6.71. The summed E-state index contributed by atoms with van der Waals surface area (Å²) < 4.78 is 11.0. The number of hydrogen-bond acceptors (Lipinski definition) is 3. The Kier molecular flexibility index (Phi) is 4.25. The van der Waals surface area contributed by atoms with Gasteiger partial charge in [0.1, 0.15) is 11.5 Å². The van der Waals surface area contributed by atoms with Crippen molar-refractivity contribution in [2.24, 2.45) is 0 Å². The Hall–Kier alpha value is -3.01. The van der Waals surface area contributed by atoms with Gasteiger partial charge in [0, 0.05) is 17.1 Å². The first-order chi connectivity index (χ1) is 12.7. The monoisotopic (exact) mass is 347 g/mol. The van der Waals surface area contributed by atoms with Crippen molar-refractivity contribution in [2.45, 2.75) is 25.9 Å². The zero-order chi connectivity index (χ0) is 18.1. The highest BCUT2D eigenvalue weighted by Crippen LogP contribution is 2.35. The Morgan fingerprint density at radius 2 is 1.73 bits per heavy atom. The fourth-order valence-corrected chi connectivity index (χ4v) is 3.52. The minimum atomic E-state index is -0.620. The number of hydrogen-bond donors (Lipinski definition) is 1. The van der Waals surface area contributed by atoms with Crippen LogP contribution in [0.15, 0.2) is 54.6 Å². The van der Waals surface area contributed by atoms with Gasteiger partial charge in [-0.15, -0.1) is 0 Å². The van der Waals surface area contributed by atoms with Crippen LogP contribution in [0.25, 0.3) is 10.8 Å². The van der Waals surface area contributed by atoms with Gasteiger partial charge in [0.25, 0.3) is 5.91 Å². The number of ether oxygens (including phenoxy) is 2. The van der Waals surface area contributed by atoms with Gasteiger partial charge in [0.2, 0.25) is 0 Å². The molecular formula is C22H21NO3. The van der Waals surface area contributed by atoms with Crippen LogP contribution in [0.2, 0.25) is 0 Å². The molecule has 1 atom stereocenters. The fraction of sp³-hybridized carbons (Fsp3) is 0.227. The lowest BCUT2D eigenvalue weighted by Gasteiger charge is -2.16. The van der Waals surface area contributed by atoms with E-state index in [1.54, 1.807) is 20.1 Å². The number of nitrogens with one attached hydrogen (secondary N) is 1. The summed E-state index contributed by atoms with van der Waals surface area (Å²) in [7, 11) is 1.60. The van der Waals surface area contributed by atoms with Crippen LogP contribution in [-0.4, -0.2) is 19.1 Å². The van der Waals surface area contributed by atoms with E-state index in [1.807, 2.05) is 24.3 Å². The molecule has 1 N–H and O–H groups in total. The quantitative estimate of drug-likeness (QED) is 0.746. The van der Waals surface area contributed by atoms with Gasteiger partial charge in [-0.2, -0.15) is 0 Å². The molecule has 0 aliphatic heterocycles. The number of anilines is 1. The molecule has 0 bridgehead atoms. The first-order valence-corrected chi connectivity index (χ1v) is 8.81. The van der Waals surface area contributed by atoms with Gasteiger partial charge in [-0.25, -0.2) is 0 Å². The predicted molar refractivity (Wildman–Crippen MR) is 103 cm³/mol. The van der Waals surface area contributed by atoms with E-state index in [1.165, 1.54) is 16.5 Å². The molecule has 3 aromatic rings. The number of rotatable bonds is 5. The van der Waals surface area contributed by atoms with Crippen molar-refractivity contribution in [2.75, 3.05) is 12.4 Å². The molecule has 0 saturated carbocycles. The summed E-state index contributed by atoms with van der Waals surface area (Å²) in [4.78, 5) is 12.6. The Labute approximate surface area is 152 Å². The number of carbonyl (C=O) groups excluding carboxylic acids is 1. The van der Waals surface area contributed by atoms with Gasteiger partial charge in [-0.1, -0.05) is 30.3 Å². The molecule has 0 radical (unpaired) electrons. The lowest BCUT2D eigenvalue weighted by molar-refractivity contribution is -0.122. The zero-order valence-electron chi connectivity index (χ0n) is 14.9. The van der Waals surface area contributed by atoms with Crippen molar-refractivity contribution in [1.29, 1.82) is 0 Å². The van der Waals surface area contributed by atoms with E-state index in [0.29, 0.717) is 11.5 Å². The van der Waals surface area contributed by atoms with Gasteiger partial charge >= 0.3 is 0 Å². The molecule has 4 rings (SSSR count). The van der Waals surface area contributed by atoms with E-state index >= 15 is 0 Å². The SMILES string of the molecule is COc1cccc(O[C@H](C)C(=O)Nc2ccc3c4c(cccc24)CC3)c1. The molecule has 26 heavy (non-hydrogen) atoms. The highest BCUT2D eigenvalue weighted by atomic mass is 16.5. The van der Waals surface area contributed by atoms with E-state index in [4.69, 9.17) is 9.47 Å². The van der Waals surface area contributed by atoms with Gasteiger partial charge in [-0.3, -0.25) is 4.79 Å². The maximum atomic E-state index is 12.6. The smallest absolute Gasteiger partial charge is 0.265 e. The fourth-order valence-electron chi connectivity index (χ4n) is 3.52. The normalized spacial score (nSPS) is 13.5. The van der Waals surface area contributed by atoms with Crippen LogP contribution in [0.4, 0.5) is 5.69 Å². The average molecular weight is 347 g/mol. The summed E-state index contributed by atoms with van der Waals surface area (Å²) in [6, 6.07) is 17.6. The lowest BCUT2D eigenvalue weighted by Crippen LogP contribution is -2.30. The summed E-state index contributed by atoms with van der Waals surface area (Å²) in [5.74, 6) is 1.13. The van der Waals surface area contributed by atoms with Crippen LogP contribution in [0.3, 0.4) is 0 Å². The van der Waals surface area contributed by atoms with E-state index in [0.717, 1.165) is 23.9 Å². The first kappa shape index (κ1) is 16.5. The van der Waals surface area contributed by atoms with Crippen molar-refractivity contribution in [3.63, 3.8) is 0 Å². The number of carbonyl (C=O) groups is 1. The molecular weight excluding hydrogens is 326 g/mol. The summed E-state index contributed by atoms with van der Waals surface area (Å²) in [5, 5.41) is 5.40. The number of benzene rings is 3. The molecule has 1 aliphatic rings. The predicted octanol–water partition coefficient (Wildman–Crippen LogP) is 4.35. The molecule has 0 spiro atoms. The van der Waals surface area contributed by atoms with Gasteiger partial charge in [0.05, 0.1) is 7.11 Å². The van der Waals surface area contributed by atoms with Crippen LogP contribution >= 0.6 is 0 Å². The van der Waals surface area contributed by atoms with Gasteiger partial charge in [-0.05, 0) is 54.5 Å². The maximum Gasteiger partial charge on any atom is 0.265 e. The summed E-state index contributed by atoms with van der Waals surface area (Å²) in [5.41, 5.74) is 3.54. The third kappa shape index (κ3) is 2.99. The standard InChI is InChI=1S/C22H21NO3/c1-14(26-18-7-4-6-17(13-18)25-2)22(24)23-20-12-11-16-10-9-15-5-3-8-19(20)21(15)16/h3-8,11-14H,9-10H2,1-2H3,(H,23,24)/t14-/m1/s1. The highest BCUT2D eigenvalue weighted by molar-refractivity contribution is 6.06. The van der Waals surface area contributed by atoms with Crippen molar-refractivity contribution in [3.8, 4) is 11.5 Å². The topological polar surface area (TPSA) is 47.6 Å². The molecule has 0 saturated heterocycles. The molecule has 3 aromatic carbocycles. The lowest BCUT2D eigenvalue weighted by atomic mass is 10.0. The van der Waals surface area contributed by atoms with E-state index in [2.05, 4.69) is 29.6 Å². The molecule has 0 fully saturated rings. The summed E-state index contributed by atoms with van der Waals surface area (Å²) in [6.45, 7) is 1.74. The van der Waals surface area contributed by atoms with Crippen LogP contribution < -0.4 is 14.8 Å². The Morgan fingerprint density at radius 1 is 1.00 bits per heavy atom. The van der Waals surface area contributed by atoms with Crippen molar-refractivity contribution in [3.05, 3.63) is 65.7 Å². The summed E-state index contributed by atoms with van der Waals surface area (Å²) in [6.07, 6.45) is 1.52. The van der Waals surface area contributed by atoms with Crippen molar-refractivity contribution >= 4 is 22.4 Å². The largest absolute Gasteiger partial charge is 0.497 e. The molecule has 0 heterocycles. The zero-order valence-corrected chi connectivity index (χ0v) is 14.9. The van der Waals surface area contributed by atoms with Crippen molar-refractivity contribution in [1.82, 2.24) is 0 Å². The molecule has 4 heteroatoms. The molecule has 1 aliphatic carbocycles. The molecule has 0 aromatic heterocycles. The van der Waals surface area contributed by atoms with Crippen LogP contribution in [0.1, 0.15) is 18.1 Å². The van der Waals surface area contributed by atoms with Crippen LogP contribution in [0.5, 0.6) is 11.5 Å². The second-order valence-electron chi connectivity index (χ2n) is 6.54. The number of amides is 1. The molecule has 0 unspecified atom stereocenters. The van der Waals surface area contributed by atoms with Crippen LogP contribution in [-0.2, 0) is 17.6 Å². The number of methoxy groups -OCH3 is 1. The Morgan fingerprint density at radius 3 is 2.54 bits per heavy atom. The Balaban J connectivity index is 1.54. The van der Waals surface area contributed by atoms with Gasteiger partial charge < -0.3 is 14.8 Å². The molecule has 4 nitrogen and oxygen atoms in total. The van der Waals surface area contributed by atoms with E-state index in [-0.39, 0.29) is 5.91 Å². The highest BCUT2D eigenvalue weighted by Gasteiger charge is 2.19. The van der Waals surface area contributed by atoms with E-state index in [9.17, 15) is 4.79 Å². The average Bonchev–Trinajstić information content (AvgIpc) is 3.09. The third-order valence-electron chi connectivity index (χ3n) is 4.86. The minimum Gasteiger partial charge on any atom is -0.497 e. The number of aryl methyl sites for hydroxylation is 2. The molecule has 1 amide bonds. The second-order valence-corrected chi connectivity index (χ2v) is 6.54. The third-order valence-corrected chi connectivity index (χ3v) is 4.86. The summed E-state index contributed by atoms with van der Waals surface area (Å²) >= 11 is 0. The van der Waals surface area contributed by atoms with Gasteiger partial charge in [0.15, 0.2) is 6.10 Å². The van der Waals surface area contributed by atoms with Crippen LogP contribution in [0, 0.1) is 0 Å². The molecule has 132 valence electrons. The maximum absolute atomic E-state index is 12.6. The minimum absolute atomic E-state index is 0.175. The Bertz CT molecular complexity index is 970. The van der Waals surface area contributed by atoms with E-state index < -0.39 is 6.10 Å².